The average molecular weight is 243 g/mol. The van der Waals surface area contributed by atoms with Crippen LogP contribution in [-0.2, 0) is 17.9 Å². The lowest BCUT2D eigenvalue weighted by Gasteiger charge is -2.10. The second kappa shape index (κ2) is 6.02. The summed E-state index contributed by atoms with van der Waals surface area (Å²) in [6.45, 7) is 1.34. The molecule has 0 radical (unpaired) electrons. The van der Waals surface area contributed by atoms with Gasteiger partial charge >= 0.3 is 0 Å². The Morgan fingerprint density at radius 3 is 2.61 bits per heavy atom. The highest BCUT2D eigenvalue weighted by Gasteiger charge is 2.01. The molecule has 4 nitrogen and oxygen atoms in total. The van der Waals surface area contributed by atoms with E-state index in [-0.39, 0.29) is 0 Å². The maximum absolute atomic E-state index is 5.59. The largest absolute Gasteiger partial charge is 0.397 e. The van der Waals surface area contributed by atoms with Gasteiger partial charge in [0.15, 0.2) is 0 Å². The summed E-state index contributed by atoms with van der Waals surface area (Å²) in [5.74, 6) is 0.816. The van der Waals surface area contributed by atoms with E-state index in [9.17, 15) is 0 Å². The Bertz CT molecular complexity index is 497. The predicted octanol–water partition coefficient (Wildman–Crippen LogP) is 2.42. The van der Waals surface area contributed by atoms with E-state index in [2.05, 4.69) is 22.4 Å². The van der Waals surface area contributed by atoms with E-state index in [0.717, 1.165) is 12.4 Å². The van der Waals surface area contributed by atoms with Crippen LogP contribution in [0.25, 0.3) is 0 Å². The summed E-state index contributed by atoms with van der Waals surface area (Å²) in [6, 6.07) is 11.9. The lowest BCUT2D eigenvalue weighted by atomic mass is 10.1. The van der Waals surface area contributed by atoms with Crippen LogP contribution in [0.1, 0.15) is 11.1 Å². The molecule has 0 aliphatic heterocycles. The minimum absolute atomic E-state index is 0.618. The van der Waals surface area contributed by atoms with Crippen molar-refractivity contribution in [1.82, 2.24) is 4.98 Å². The predicted molar refractivity (Wildman–Crippen MR) is 73.1 cm³/mol. The highest BCUT2D eigenvalue weighted by Crippen LogP contribution is 2.13. The molecule has 1 aromatic heterocycles. The smallest absolute Gasteiger partial charge is 0.126 e. The molecule has 1 aromatic carbocycles. The molecule has 2 rings (SSSR count). The molecule has 0 unspecified atom stereocenters. The summed E-state index contributed by atoms with van der Waals surface area (Å²) in [7, 11) is 1.70. The molecule has 4 heteroatoms. The molecular weight excluding hydrogens is 226 g/mol. The van der Waals surface area contributed by atoms with Crippen molar-refractivity contribution in [3.05, 3.63) is 53.7 Å². The third kappa shape index (κ3) is 3.21. The molecule has 0 fully saturated rings. The number of rotatable bonds is 5. The van der Waals surface area contributed by atoms with Crippen LogP contribution in [0.3, 0.4) is 0 Å². The SMILES string of the molecule is COCc1ccccc1CNc1ccc(N)cn1. The first-order chi connectivity index (χ1) is 8.79. The van der Waals surface area contributed by atoms with Gasteiger partial charge in [-0.3, -0.25) is 0 Å². The number of hydrogen-bond acceptors (Lipinski definition) is 4. The number of nitrogens with one attached hydrogen (secondary N) is 1. The van der Waals surface area contributed by atoms with Crippen LogP contribution in [0.4, 0.5) is 11.5 Å². The molecule has 94 valence electrons. The molecule has 0 saturated carbocycles. The van der Waals surface area contributed by atoms with Gasteiger partial charge in [-0.05, 0) is 23.3 Å². The highest BCUT2D eigenvalue weighted by molar-refractivity contribution is 5.44. The third-order valence-corrected chi connectivity index (χ3v) is 2.66. The van der Waals surface area contributed by atoms with E-state index >= 15 is 0 Å². The monoisotopic (exact) mass is 243 g/mol. The molecule has 18 heavy (non-hydrogen) atoms. The first kappa shape index (κ1) is 12.4. The lowest BCUT2D eigenvalue weighted by molar-refractivity contribution is 0.184. The van der Waals surface area contributed by atoms with E-state index in [1.807, 2.05) is 24.3 Å². The molecule has 0 saturated heterocycles. The van der Waals surface area contributed by atoms with Crippen molar-refractivity contribution in [3.63, 3.8) is 0 Å². The van der Waals surface area contributed by atoms with E-state index in [1.165, 1.54) is 11.1 Å². The molecule has 0 aliphatic carbocycles. The molecular formula is C14H17N3O. The van der Waals surface area contributed by atoms with Crippen LogP contribution in [0.2, 0.25) is 0 Å². The fraction of sp³-hybridized carbons (Fsp3) is 0.214. The molecule has 0 bridgehead atoms. The molecule has 0 spiro atoms. The van der Waals surface area contributed by atoms with Gasteiger partial charge in [0.1, 0.15) is 5.82 Å². The number of hydrogen-bond donors (Lipinski definition) is 2. The van der Waals surface area contributed by atoms with Crippen LogP contribution < -0.4 is 11.1 Å². The second-order valence-corrected chi connectivity index (χ2v) is 4.03. The Morgan fingerprint density at radius 1 is 1.17 bits per heavy atom. The van der Waals surface area contributed by atoms with Crippen molar-refractivity contribution in [1.29, 1.82) is 0 Å². The van der Waals surface area contributed by atoms with Crippen molar-refractivity contribution < 1.29 is 4.74 Å². The number of benzene rings is 1. The van der Waals surface area contributed by atoms with Gasteiger partial charge in [-0.15, -0.1) is 0 Å². The Balaban J connectivity index is 2.03. The van der Waals surface area contributed by atoms with Crippen molar-refractivity contribution in [3.8, 4) is 0 Å². The summed E-state index contributed by atoms with van der Waals surface area (Å²) in [6.07, 6.45) is 1.64. The van der Waals surface area contributed by atoms with E-state index in [4.69, 9.17) is 10.5 Å². The number of nitrogen functional groups attached to an aromatic ring is 1. The Kier molecular flexibility index (Phi) is 4.15. The van der Waals surface area contributed by atoms with Crippen LogP contribution in [0, 0.1) is 0 Å². The summed E-state index contributed by atoms with van der Waals surface area (Å²) < 4.78 is 5.18. The lowest BCUT2D eigenvalue weighted by Crippen LogP contribution is -2.04. The van der Waals surface area contributed by atoms with Crippen molar-refractivity contribution in [2.24, 2.45) is 0 Å². The van der Waals surface area contributed by atoms with Gasteiger partial charge in [0.2, 0.25) is 0 Å². The normalized spacial score (nSPS) is 10.3. The standard InChI is InChI=1S/C14H17N3O/c1-18-10-12-5-3-2-4-11(12)8-16-14-7-6-13(15)9-17-14/h2-7,9H,8,10,15H2,1H3,(H,16,17). The number of methoxy groups -OCH3 is 1. The summed E-state index contributed by atoms with van der Waals surface area (Å²) >= 11 is 0. The van der Waals surface area contributed by atoms with E-state index in [0.29, 0.717) is 12.3 Å². The Labute approximate surface area is 107 Å². The molecule has 0 aliphatic rings. The number of nitrogens with zero attached hydrogens (tertiary/aromatic N) is 1. The highest BCUT2D eigenvalue weighted by atomic mass is 16.5. The first-order valence-electron chi connectivity index (χ1n) is 5.80. The fourth-order valence-electron chi connectivity index (χ4n) is 1.72. The second-order valence-electron chi connectivity index (χ2n) is 4.03. The van der Waals surface area contributed by atoms with Crippen LogP contribution >= 0.6 is 0 Å². The molecule has 1 heterocycles. The zero-order valence-electron chi connectivity index (χ0n) is 10.4. The number of nitrogens with two attached hydrogens (primary N) is 1. The van der Waals surface area contributed by atoms with Gasteiger partial charge < -0.3 is 15.8 Å². The van der Waals surface area contributed by atoms with Crippen LogP contribution in [-0.4, -0.2) is 12.1 Å². The van der Waals surface area contributed by atoms with Crippen molar-refractivity contribution in [2.45, 2.75) is 13.2 Å². The molecule has 0 amide bonds. The van der Waals surface area contributed by atoms with Gasteiger partial charge in [0.05, 0.1) is 18.5 Å². The number of ether oxygens (including phenoxy) is 1. The summed E-state index contributed by atoms with van der Waals surface area (Å²) in [5, 5.41) is 3.26. The average Bonchev–Trinajstić information content (AvgIpc) is 2.40. The summed E-state index contributed by atoms with van der Waals surface area (Å²) in [4.78, 5) is 4.20. The molecule has 2 aromatic rings. The van der Waals surface area contributed by atoms with Gasteiger partial charge in [-0.25, -0.2) is 4.98 Å². The maximum Gasteiger partial charge on any atom is 0.126 e. The van der Waals surface area contributed by atoms with Crippen molar-refractivity contribution >= 4 is 11.5 Å². The van der Waals surface area contributed by atoms with E-state index < -0.39 is 0 Å². The maximum atomic E-state index is 5.59. The molecule has 3 N–H and O–H groups in total. The minimum Gasteiger partial charge on any atom is -0.397 e. The molecule has 0 atom stereocenters. The minimum atomic E-state index is 0.618. The number of pyridine rings is 1. The number of aromatic nitrogens is 1. The summed E-state index contributed by atoms with van der Waals surface area (Å²) in [5.41, 5.74) is 8.65. The van der Waals surface area contributed by atoms with Gasteiger partial charge in [-0.1, -0.05) is 24.3 Å². The third-order valence-electron chi connectivity index (χ3n) is 2.66. The van der Waals surface area contributed by atoms with Crippen LogP contribution in [0.5, 0.6) is 0 Å². The fourth-order valence-corrected chi connectivity index (χ4v) is 1.72. The quantitative estimate of drug-likeness (QED) is 0.846. The van der Waals surface area contributed by atoms with Crippen LogP contribution in [0.15, 0.2) is 42.6 Å². The zero-order valence-corrected chi connectivity index (χ0v) is 10.4. The number of anilines is 2. The Morgan fingerprint density at radius 2 is 1.94 bits per heavy atom. The van der Waals surface area contributed by atoms with Gasteiger partial charge in [0.25, 0.3) is 0 Å². The van der Waals surface area contributed by atoms with Gasteiger partial charge in [-0.2, -0.15) is 0 Å². The van der Waals surface area contributed by atoms with Crippen molar-refractivity contribution in [2.75, 3.05) is 18.2 Å². The zero-order chi connectivity index (χ0) is 12.8. The Hall–Kier alpha value is -2.07. The first-order valence-corrected chi connectivity index (χ1v) is 5.80. The van der Waals surface area contributed by atoms with Gasteiger partial charge in [0, 0.05) is 13.7 Å². The topological polar surface area (TPSA) is 60.2 Å². The van der Waals surface area contributed by atoms with E-state index in [1.54, 1.807) is 13.3 Å².